The molecule has 2 aliphatic heterocycles. The number of methoxy groups -OCH3 is 2. The summed E-state index contributed by atoms with van der Waals surface area (Å²) >= 11 is 0. The van der Waals surface area contributed by atoms with Crippen molar-refractivity contribution in [1.82, 2.24) is 0 Å². The van der Waals surface area contributed by atoms with E-state index < -0.39 is 0 Å². The smallest absolute Gasteiger partial charge is 0.0921 e. The Hall–Kier alpha value is -0.940. The zero-order valence-electron chi connectivity index (χ0n) is 15.3. The fourth-order valence-corrected chi connectivity index (χ4v) is 4.14. The van der Waals surface area contributed by atoms with E-state index in [1.54, 1.807) is 14.2 Å². The summed E-state index contributed by atoms with van der Waals surface area (Å²) in [6.07, 6.45) is 2.28. The van der Waals surface area contributed by atoms with Crippen LogP contribution in [0.2, 0.25) is 0 Å². The molecule has 2 fully saturated rings. The van der Waals surface area contributed by atoms with Crippen LogP contribution in [0, 0.1) is 10.8 Å². The van der Waals surface area contributed by atoms with Crippen molar-refractivity contribution in [2.75, 3.05) is 40.6 Å². The molecule has 2 unspecified atom stereocenters. The van der Waals surface area contributed by atoms with E-state index in [1.165, 1.54) is 11.1 Å². The van der Waals surface area contributed by atoms with Crippen LogP contribution in [0.3, 0.4) is 0 Å². The summed E-state index contributed by atoms with van der Waals surface area (Å²) in [5.74, 6) is 0. The van der Waals surface area contributed by atoms with Crippen molar-refractivity contribution in [3.8, 4) is 0 Å². The zero-order valence-corrected chi connectivity index (χ0v) is 15.3. The average molecular weight is 334 g/mol. The van der Waals surface area contributed by atoms with Crippen molar-refractivity contribution in [2.45, 2.75) is 38.9 Å². The second-order valence-electron chi connectivity index (χ2n) is 7.32. The minimum Gasteiger partial charge on any atom is -0.380 e. The van der Waals surface area contributed by atoms with Crippen molar-refractivity contribution in [3.63, 3.8) is 0 Å². The van der Waals surface area contributed by atoms with Gasteiger partial charge in [0.15, 0.2) is 0 Å². The van der Waals surface area contributed by atoms with Crippen LogP contribution in [-0.2, 0) is 18.9 Å². The summed E-state index contributed by atoms with van der Waals surface area (Å²) in [5, 5.41) is 0. The number of ether oxygens (including phenoxy) is 4. The molecule has 0 saturated carbocycles. The predicted octanol–water partition coefficient (Wildman–Crippen LogP) is 3.91. The molecule has 0 aliphatic carbocycles. The molecule has 3 rings (SSSR count). The highest BCUT2D eigenvalue weighted by Gasteiger charge is 2.47. The molecule has 0 N–H and O–H groups in total. The fourth-order valence-electron chi connectivity index (χ4n) is 4.14. The molecular weight excluding hydrogens is 304 g/mol. The van der Waals surface area contributed by atoms with Crippen LogP contribution >= 0.6 is 0 Å². The molecule has 0 aromatic heterocycles. The summed E-state index contributed by atoms with van der Waals surface area (Å²) in [4.78, 5) is 0. The third-order valence-electron chi connectivity index (χ3n) is 6.09. The molecule has 2 atom stereocenters. The summed E-state index contributed by atoms with van der Waals surface area (Å²) in [7, 11) is 3.59. The summed E-state index contributed by atoms with van der Waals surface area (Å²) < 4.78 is 22.7. The van der Waals surface area contributed by atoms with Crippen LogP contribution in [0.1, 0.15) is 50.0 Å². The maximum Gasteiger partial charge on any atom is 0.0921 e. The molecule has 0 radical (unpaired) electrons. The van der Waals surface area contributed by atoms with E-state index in [2.05, 4.69) is 38.1 Å². The average Bonchev–Trinajstić information content (AvgIpc) is 2.54. The van der Waals surface area contributed by atoms with E-state index in [9.17, 15) is 0 Å². The van der Waals surface area contributed by atoms with Gasteiger partial charge in [0.25, 0.3) is 0 Å². The van der Waals surface area contributed by atoms with Gasteiger partial charge in [-0.05, 0) is 24.0 Å². The predicted molar refractivity (Wildman–Crippen MR) is 93.0 cm³/mol. The first-order chi connectivity index (χ1) is 11.6. The highest BCUT2D eigenvalue weighted by atomic mass is 16.5. The Morgan fingerprint density at radius 1 is 0.792 bits per heavy atom. The fraction of sp³-hybridized carbons (Fsp3) is 0.700. The van der Waals surface area contributed by atoms with E-state index in [1.807, 2.05) is 0 Å². The van der Waals surface area contributed by atoms with Gasteiger partial charge in [-0.1, -0.05) is 38.1 Å². The van der Waals surface area contributed by atoms with Crippen molar-refractivity contribution < 1.29 is 18.9 Å². The van der Waals surface area contributed by atoms with E-state index >= 15 is 0 Å². The van der Waals surface area contributed by atoms with Crippen LogP contribution in [0.5, 0.6) is 0 Å². The quantitative estimate of drug-likeness (QED) is 0.722. The van der Waals surface area contributed by atoms with Crippen molar-refractivity contribution in [2.24, 2.45) is 10.8 Å². The van der Waals surface area contributed by atoms with Crippen LogP contribution in [0.25, 0.3) is 0 Å². The Morgan fingerprint density at radius 2 is 1.12 bits per heavy atom. The maximum atomic E-state index is 5.85. The molecule has 24 heavy (non-hydrogen) atoms. The van der Waals surface area contributed by atoms with Crippen LogP contribution < -0.4 is 0 Å². The molecule has 0 bridgehead atoms. The van der Waals surface area contributed by atoms with E-state index in [0.29, 0.717) is 0 Å². The summed E-state index contributed by atoms with van der Waals surface area (Å²) in [6, 6.07) is 8.75. The molecule has 4 heteroatoms. The van der Waals surface area contributed by atoms with Crippen molar-refractivity contribution in [1.29, 1.82) is 0 Å². The van der Waals surface area contributed by atoms with Crippen LogP contribution in [-0.4, -0.2) is 40.6 Å². The third-order valence-corrected chi connectivity index (χ3v) is 6.09. The minimum atomic E-state index is 0.0819. The Labute approximate surface area is 145 Å². The lowest BCUT2D eigenvalue weighted by atomic mass is 9.73. The lowest BCUT2D eigenvalue weighted by Crippen LogP contribution is -2.47. The molecule has 2 saturated heterocycles. The normalized spacial score (nSPS) is 23.8. The summed E-state index contributed by atoms with van der Waals surface area (Å²) in [6.45, 7) is 7.54. The molecule has 0 spiro atoms. The Bertz CT molecular complexity index is 471. The second kappa shape index (κ2) is 7.12. The van der Waals surface area contributed by atoms with Gasteiger partial charge in [-0.2, -0.15) is 0 Å². The number of benzene rings is 1. The number of hydrogen-bond donors (Lipinski definition) is 0. The first-order valence-electron chi connectivity index (χ1n) is 8.95. The highest BCUT2D eigenvalue weighted by molar-refractivity contribution is 5.29. The molecular formula is C20H30O4. The van der Waals surface area contributed by atoms with Gasteiger partial charge < -0.3 is 18.9 Å². The lowest BCUT2D eigenvalue weighted by molar-refractivity contribution is -0.185. The lowest BCUT2D eigenvalue weighted by Gasteiger charge is -2.47. The first kappa shape index (κ1) is 17.9. The zero-order chi connectivity index (χ0) is 17.2. The topological polar surface area (TPSA) is 36.9 Å². The SMILES string of the molecule is CCC1(C(OC)c2ccc(C(OC)C3(CC)COC3)cc2)COC1. The van der Waals surface area contributed by atoms with Gasteiger partial charge in [0.1, 0.15) is 0 Å². The standard InChI is InChI=1S/C20H30O4/c1-5-19(11-23-12-19)17(21-3)15-7-9-16(10-8-15)18(22-4)20(6-2)13-24-14-20/h7-10,17-18H,5-6,11-14H2,1-4H3. The van der Waals surface area contributed by atoms with Crippen LogP contribution in [0.4, 0.5) is 0 Å². The minimum absolute atomic E-state index is 0.0819. The van der Waals surface area contributed by atoms with Crippen molar-refractivity contribution in [3.05, 3.63) is 35.4 Å². The van der Waals surface area contributed by atoms with Gasteiger partial charge in [-0.3, -0.25) is 0 Å². The Kier molecular flexibility index (Phi) is 5.30. The van der Waals surface area contributed by atoms with Gasteiger partial charge in [0.05, 0.1) is 38.6 Å². The van der Waals surface area contributed by atoms with Gasteiger partial charge in [0, 0.05) is 25.0 Å². The number of hydrogen-bond acceptors (Lipinski definition) is 4. The third kappa shape index (κ3) is 2.80. The van der Waals surface area contributed by atoms with E-state index in [4.69, 9.17) is 18.9 Å². The second-order valence-corrected chi connectivity index (χ2v) is 7.32. The molecule has 4 nitrogen and oxygen atoms in total. The van der Waals surface area contributed by atoms with E-state index in [0.717, 1.165) is 39.3 Å². The summed E-state index contributed by atoms with van der Waals surface area (Å²) in [5.41, 5.74) is 2.67. The van der Waals surface area contributed by atoms with Crippen molar-refractivity contribution >= 4 is 0 Å². The molecule has 2 aliphatic rings. The Morgan fingerprint density at radius 3 is 1.29 bits per heavy atom. The van der Waals surface area contributed by atoms with Gasteiger partial charge >= 0.3 is 0 Å². The Balaban J connectivity index is 1.81. The van der Waals surface area contributed by atoms with Gasteiger partial charge in [-0.25, -0.2) is 0 Å². The van der Waals surface area contributed by atoms with Gasteiger partial charge in [-0.15, -0.1) is 0 Å². The van der Waals surface area contributed by atoms with Gasteiger partial charge in [0.2, 0.25) is 0 Å². The molecule has 1 aromatic rings. The molecule has 2 heterocycles. The maximum absolute atomic E-state index is 5.85. The first-order valence-corrected chi connectivity index (χ1v) is 8.95. The van der Waals surface area contributed by atoms with Crippen LogP contribution in [0.15, 0.2) is 24.3 Å². The highest BCUT2D eigenvalue weighted by Crippen LogP contribution is 2.47. The number of rotatable bonds is 8. The molecule has 0 amide bonds. The van der Waals surface area contributed by atoms with E-state index in [-0.39, 0.29) is 23.0 Å². The monoisotopic (exact) mass is 334 g/mol. The molecule has 1 aromatic carbocycles. The molecule has 134 valence electrons. The largest absolute Gasteiger partial charge is 0.380 e.